The van der Waals surface area contributed by atoms with E-state index in [4.69, 9.17) is 0 Å². The van der Waals surface area contributed by atoms with E-state index >= 15 is 0 Å². The van der Waals surface area contributed by atoms with Crippen LogP contribution in [0.25, 0.3) is 0 Å². The molecule has 4 aliphatic heterocycles. The second-order valence-corrected chi connectivity index (χ2v) is 9.81. The first kappa shape index (κ1) is 17.0. The van der Waals surface area contributed by atoms with Crippen molar-refractivity contribution >= 4 is 22.4 Å². The number of fused-ring (bicyclic) bond motifs is 4. The van der Waals surface area contributed by atoms with E-state index in [9.17, 15) is 4.79 Å². The molecule has 0 spiro atoms. The van der Waals surface area contributed by atoms with Gasteiger partial charge in [-0.1, -0.05) is 6.42 Å². The van der Waals surface area contributed by atoms with Crippen LogP contribution in [0.5, 0.6) is 0 Å². The van der Waals surface area contributed by atoms with Crippen LogP contribution < -0.4 is 4.90 Å². The summed E-state index contributed by atoms with van der Waals surface area (Å²) in [5, 5.41) is 1.19. The Bertz CT molecular complexity index is 652. The van der Waals surface area contributed by atoms with Crippen molar-refractivity contribution in [3.63, 3.8) is 0 Å². The molecule has 6 heteroatoms. The van der Waals surface area contributed by atoms with Crippen molar-refractivity contribution in [2.24, 2.45) is 11.8 Å². The topological polar surface area (TPSA) is 39.7 Å². The number of rotatable bonds is 5. The smallest absolute Gasteiger partial charge is 0.227 e. The maximum absolute atomic E-state index is 12.9. The van der Waals surface area contributed by atoms with Gasteiger partial charge in [0, 0.05) is 56.4 Å². The molecule has 1 aromatic rings. The van der Waals surface area contributed by atoms with Crippen molar-refractivity contribution in [2.75, 3.05) is 37.6 Å². The molecule has 2 unspecified atom stereocenters. The third-order valence-electron chi connectivity index (χ3n) is 6.85. The average molecular weight is 375 g/mol. The molecule has 0 aromatic carbocycles. The number of hydrogen-bond donors (Lipinski definition) is 0. The lowest BCUT2D eigenvalue weighted by Crippen LogP contribution is -2.50. The third kappa shape index (κ3) is 3.26. The first-order valence-corrected chi connectivity index (χ1v) is 11.3. The lowest BCUT2D eigenvalue weighted by molar-refractivity contribution is -0.141. The number of carbonyl (C=O) groups excluding carboxylic acids is 1. The van der Waals surface area contributed by atoms with Gasteiger partial charge in [-0.2, -0.15) is 0 Å². The second kappa shape index (κ2) is 7.12. The van der Waals surface area contributed by atoms with Crippen LogP contribution in [0.1, 0.15) is 49.8 Å². The van der Waals surface area contributed by atoms with E-state index < -0.39 is 0 Å². The predicted molar refractivity (Wildman–Crippen MR) is 104 cm³/mol. The molecule has 5 aliphatic rings. The summed E-state index contributed by atoms with van der Waals surface area (Å²) < 4.78 is 0. The van der Waals surface area contributed by atoms with Gasteiger partial charge in [-0.3, -0.25) is 9.69 Å². The fourth-order valence-electron chi connectivity index (χ4n) is 5.10. The normalized spacial score (nSPS) is 30.1. The zero-order valence-electron chi connectivity index (χ0n) is 15.6. The molecule has 0 N–H and O–H groups in total. The number of hydrogen-bond acceptors (Lipinski definition) is 5. The van der Waals surface area contributed by atoms with Gasteiger partial charge in [-0.15, -0.1) is 11.3 Å². The van der Waals surface area contributed by atoms with Crippen molar-refractivity contribution in [2.45, 2.75) is 57.5 Å². The summed E-state index contributed by atoms with van der Waals surface area (Å²) in [5.74, 6) is 1.44. The van der Waals surface area contributed by atoms with Crippen LogP contribution in [0.15, 0.2) is 6.20 Å². The van der Waals surface area contributed by atoms with Gasteiger partial charge in [0.25, 0.3) is 0 Å². The van der Waals surface area contributed by atoms with Crippen molar-refractivity contribution in [1.82, 2.24) is 14.8 Å². The summed E-state index contributed by atoms with van der Waals surface area (Å²) in [6.07, 6.45) is 10.9. The van der Waals surface area contributed by atoms with E-state index in [1.807, 2.05) is 11.3 Å². The van der Waals surface area contributed by atoms with Crippen LogP contribution >= 0.6 is 11.3 Å². The lowest BCUT2D eigenvalue weighted by atomic mass is 9.83. The van der Waals surface area contributed by atoms with Crippen molar-refractivity contribution < 1.29 is 4.79 Å². The molecule has 0 radical (unpaired) electrons. The Hall–Kier alpha value is -1.14. The van der Waals surface area contributed by atoms with Crippen LogP contribution in [0, 0.1) is 11.8 Å². The summed E-state index contributed by atoms with van der Waals surface area (Å²) in [4.78, 5) is 26.2. The molecule has 142 valence electrons. The van der Waals surface area contributed by atoms with Gasteiger partial charge >= 0.3 is 0 Å². The third-order valence-corrected chi connectivity index (χ3v) is 7.89. The Balaban J connectivity index is 1.25. The van der Waals surface area contributed by atoms with Gasteiger partial charge in [-0.05, 0) is 44.4 Å². The quantitative estimate of drug-likeness (QED) is 0.794. The monoisotopic (exact) mass is 374 g/mol. The molecule has 1 saturated carbocycles. The molecule has 5 heterocycles. The molecule has 2 atom stereocenters. The molecular formula is C20H30N4OS. The van der Waals surface area contributed by atoms with Crippen LogP contribution in [0.3, 0.4) is 0 Å². The zero-order valence-corrected chi connectivity index (χ0v) is 16.4. The van der Waals surface area contributed by atoms with E-state index in [0.717, 1.165) is 51.6 Å². The molecule has 2 bridgehead atoms. The molecule has 1 aromatic heterocycles. The second-order valence-electron chi connectivity index (χ2n) is 8.71. The highest BCUT2D eigenvalue weighted by molar-refractivity contribution is 7.15. The molecular weight excluding hydrogens is 344 g/mol. The molecule has 1 amide bonds. The maximum Gasteiger partial charge on any atom is 0.227 e. The van der Waals surface area contributed by atoms with E-state index in [-0.39, 0.29) is 5.92 Å². The SMILES string of the molecule is O=C1C2CCC(CN(Cc3cnc(N4CCCC4)s3)C2)N1CC1CCC1. The van der Waals surface area contributed by atoms with Gasteiger partial charge in [-0.25, -0.2) is 4.98 Å². The maximum atomic E-state index is 12.9. The predicted octanol–water partition coefficient (Wildman–Crippen LogP) is 2.97. The number of thiazole rings is 1. The van der Waals surface area contributed by atoms with Gasteiger partial charge in [0.2, 0.25) is 5.91 Å². The summed E-state index contributed by atoms with van der Waals surface area (Å²) in [6, 6.07) is 0.438. The number of carbonyl (C=O) groups is 1. The van der Waals surface area contributed by atoms with Crippen LogP contribution in [0.4, 0.5) is 5.13 Å². The fourth-order valence-corrected chi connectivity index (χ4v) is 6.10. The molecule has 4 saturated heterocycles. The Morgan fingerprint density at radius 2 is 1.92 bits per heavy atom. The van der Waals surface area contributed by atoms with Gasteiger partial charge in [0.1, 0.15) is 0 Å². The Labute approximate surface area is 160 Å². The summed E-state index contributed by atoms with van der Waals surface area (Å²) >= 11 is 1.85. The molecule has 6 rings (SSSR count). The Morgan fingerprint density at radius 1 is 1.08 bits per heavy atom. The minimum Gasteiger partial charge on any atom is -0.348 e. The zero-order chi connectivity index (χ0) is 17.5. The molecule has 26 heavy (non-hydrogen) atoms. The highest BCUT2D eigenvalue weighted by Gasteiger charge is 2.41. The lowest BCUT2D eigenvalue weighted by Gasteiger charge is -2.40. The highest BCUT2D eigenvalue weighted by atomic mass is 32.1. The van der Waals surface area contributed by atoms with Crippen LogP contribution in [-0.4, -0.2) is 59.5 Å². The average Bonchev–Trinajstić information content (AvgIpc) is 3.21. The molecule has 5 fully saturated rings. The number of piperidine rings is 1. The highest BCUT2D eigenvalue weighted by Crippen LogP contribution is 2.35. The summed E-state index contributed by atoms with van der Waals surface area (Å²) in [6.45, 7) is 6.28. The fraction of sp³-hybridized carbons (Fsp3) is 0.800. The van der Waals surface area contributed by atoms with E-state index in [0.29, 0.717) is 11.9 Å². The summed E-state index contributed by atoms with van der Waals surface area (Å²) in [7, 11) is 0. The summed E-state index contributed by atoms with van der Waals surface area (Å²) in [5.41, 5.74) is 0. The molecule has 1 aliphatic carbocycles. The van der Waals surface area contributed by atoms with E-state index in [1.165, 1.54) is 48.5 Å². The minimum absolute atomic E-state index is 0.222. The Morgan fingerprint density at radius 3 is 2.69 bits per heavy atom. The van der Waals surface area contributed by atoms with Gasteiger partial charge in [0.05, 0.1) is 5.92 Å². The minimum atomic E-state index is 0.222. The van der Waals surface area contributed by atoms with Crippen molar-refractivity contribution in [1.29, 1.82) is 0 Å². The van der Waals surface area contributed by atoms with Crippen LogP contribution in [-0.2, 0) is 11.3 Å². The number of aromatic nitrogens is 1. The van der Waals surface area contributed by atoms with Crippen molar-refractivity contribution in [3.05, 3.63) is 11.1 Å². The van der Waals surface area contributed by atoms with Gasteiger partial charge < -0.3 is 9.80 Å². The Kier molecular flexibility index (Phi) is 4.65. The first-order chi connectivity index (χ1) is 12.8. The number of anilines is 1. The van der Waals surface area contributed by atoms with Gasteiger partial charge in [0.15, 0.2) is 5.13 Å². The number of nitrogens with zero attached hydrogens (tertiary/aromatic N) is 4. The standard InChI is InChI=1S/C20H30N4OS/c25-19-16-6-7-17(24(19)11-15-4-3-5-15)13-22(12-16)14-18-10-21-20(26-18)23-8-1-2-9-23/h10,15-17H,1-9,11-14H2. The molecule has 5 nitrogen and oxygen atoms in total. The number of amides is 1. The van der Waals surface area contributed by atoms with E-state index in [1.54, 1.807) is 0 Å². The van der Waals surface area contributed by atoms with Crippen LogP contribution in [0.2, 0.25) is 0 Å². The first-order valence-electron chi connectivity index (χ1n) is 10.5. The largest absolute Gasteiger partial charge is 0.348 e. The van der Waals surface area contributed by atoms with Crippen molar-refractivity contribution in [3.8, 4) is 0 Å². The van der Waals surface area contributed by atoms with E-state index in [2.05, 4.69) is 25.9 Å².